The Morgan fingerprint density at radius 2 is 2.00 bits per heavy atom. The van der Waals surface area contributed by atoms with Crippen LogP contribution in [0.1, 0.15) is 18.0 Å². The molecule has 1 fully saturated rings. The zero-order valence-electron chi connectivity index (χ0n) is 11.8. The summed E-state index contributed by atoms with van der Waals surface area (Å²) in [4.78, 5) is 11.1. The number of carboxylic acids is 1. The second-order valence-electron chi connectivity index (χ2n) is 4.68. The standard InChI is InChI=1S/C14H19NO5/c1-18-9-5-10(13(20-3)12(6-9)19-2)11-4-8(7-15-11)14(16)17/h5-6,8,11,15H,4,7H2,1-3H3,(H,16,17). The molecule has 0 bridgehead atoms. The molecule has 110 valence electrons. The highest BCUT2D eigenvalue weighted by Gasteiger charge is 2.32. The number of aliphatic carboxylic acids is 1. The van der Waals surface area contributed by atoms with Crippen molar-refractivity contribution in [1.82, 2.24) is 5.32 Å². The molecule has 0 amide bonds. The van der Waals surface area contributed by atoms with E-state index in [1.807, 2.05) is 6.07 Å². The molecule has 1 aliphatic rings. The molecule has 1 aliphatic heterocycles. The van der Waals surface area contributed by atoms with Gasteiger partial charge in [-0.1, -0.05) is 0 Å². The summed E-state index contributed by atoms with van der Waals surface area (Å²) < 4.78 is 16.0. The van der Waals surface area contributed by atoms with Gasteiger partial charge in [0.25, 0.3) is 0 Å². The second kappa shape index (κ2) is 6.00. The molecule has 1 saturated heterocycles. The second-order valence-corrected chi connectivity index (χ2v) is 4.68. The summed E-state index contributed by atoms with van der Waals surface area (Å²) in [6, 6.07) is 3.50. The fourth-order valence-electron chi connectivity index (χ4n) is 2.50. The van der Waals surface area contributed by atoms with E-state index >= 15 is 0 Å². The van der Waals surface area contributed by atoms with Crippen molar-refractivity contribution in [3.8, 4) is 17.2 Å². The predicted octanol–water partition coefficient (Wildman–Crippen LogP) is 1.45. The van der Waals surface area contributed by atoms with Crippen molar-refractivity contribution < 1.29 is 24.1 Å². The molecule has 2 rings (SSSR count). The molecule has 1 aromatic carbocycles. The highest BCUT2D eigenvalue weighted by atomic mass is 16.5. The summed E-state index contributed by atoms with van der Waals surface area (Å²) in [5.74, 6) is 0.660. The largest absolute Gasteiger partial charge is 0.497 e. The number of benzene rings is 1. The fraction of sp³-hybridized carbons (Fsp3) is 0.500. The third-order valence-corrected chi connectivity index (χ3v) is 3.57. The Kier molecular flexibility index (Phi) is 4.34. The van der Waals surface area contributed by atoms with E-state index in [0.29, 0.717) is 30.2 Å². The van der Waals surface area contributed by atoms with Gasteiger partial charge < -0.3 is 24.6 Å². The van der Waals surface area contributed by atoms with Crippen LogP contribution >= 0.6 is 0 Å². The Morgan fingerprint density at radius 3 is 2.50 bits per heavy atom. The number of carboxylic acid groups (broad SMARTS) is 1. The monoisotopic (exact) mass is 281 g/mol. The van der Waals surface area contributed by atoms with Crippen LogP contribution in [0, 0.1) is 5.92 Å². The van der Waals surface area contributed by atoms with Crippen molar-refractivity contribution in [2.24, 2.45) is 5.92 Å². The van der Waals surface area contributed by atoms with Gasteiger partial charge in [-0.25, -0.2) is 0 Å². The van der Waals surface area contributed by atoms with E-state index in [-0.39, 0.29) is 12.0 Å². The lowest BCUT2D eigenvalue weighted by molar-refractivity contribution is -0.141. The van der Waals surface area contributed by atoms with Gasteiger partial charge in [0.1, 0.15) is 5.75 Å². The zero-order valence-corrected chi connectivity index (χ0v) is 11.8. The minimum Gasteiger partial charge on any atom is -0.497 e. The molecular weight excluding hydrogens is 262 g/mol. The molecule has 2 atom stereocenters. The average molecular weight is 281 g/mol. The predicted molar refractivity (Wildman–Crippen MR) is 72.6 cm³/mol. The third-order valence-electron chi connectivity index (χ3n) is 3.57. The van der Waals surface area contributed by atoms with Crippen molar-refractivity contribution in [2.45, 2.75) is 12.5 Å². The third kappa shape index (κ3) is 2.65. The molecular formula is C14H19NO5. The van der Waals surface area contributed by atoms with E-state index in [1.54, 1.807) is 27.4 Å². The van der Waals surface area contributed by atoms with Gasteiger partial charge in [0, 0.05) is 24.2 Å². The van der Waals surface area contributed by atoms with Crippen LogP contribution in [0.5, 0.6) is 17.2 Å². The smallest absolute Gasteiger partial charge is 0.307 e. The van der Waals surface area contributed by atoms with Gasteiger partial charge in [-0.2, -0.15) is 0 Å². The summed E-state index contributed by atoms with van der Waals surface area (Å²) in [5.41, 5.74) is 0.854. The Labute approximate surface area is 117 Å². The average Bonchev–Trinajstić information content (AvgIpc) is 2.95. The van der Waals surface area contributed by atoms with Gasteiger partial charge in [0.05, 0.1) is 27.2 Å². The maximum Gasteiger partial charge on any atom is 0.307 e. The summed E-state index contributed by atoms with van der Waals surface area (Å²) in [6.07, 6.45) is 0.516. The maximum absolute atomic E-state index is 11.1. The van der Waals surface area contributed by atoms with Crippen molar-refractivity contribution in [3.63, 3.8) is 0 Å². The summed E-state index contributed by atoms with van der Waals surface area (Å²) in [6.45, 7) is 0.447. The van der Waals surface area contributed by atoms with Gasteiger partial charge in [0.2, 0.25) is 0 Å². The molecule has 0 saturated carbocycles. The van der Waals surface area contributed by atoms with Crippen LogP contribution in [-0.2, 0) is 4.79 Å². The Morgan fingerprint density at radius 1 is 1.25 bits per heavy atom. The van der Waals surface area contributed by atoms with Gasteiger partial charge in [-0.15, -0.1) is 0 Å². The number of methoxy groups -OCH3 is 3. The SMILES string of the molecule is COc1cc(OC)c(OC)c(C2CC(C(=O)O)CN2)c1. The lowest BCUT2D eigenvalue weighted by Gasteiger charge is -2.19. The molecule has 0 aromatic heterocycles. The van der Waals surface area contributed by atoms with E-state index in [1.165, 1.54) is 0 Å². The molecule has 0 spiro atoms. The summed E-state index contributed by atoms with van der Waals surface area (Å²) >= 11 is 0. The van der Waals surface area contributed by atoms with Crippen molar-refractivity contribution in [3.05, 3.63) is 17.7 Å². The summed E-state index contributed by atoms with van der Waals surface area (Å²) in [7, 11) is 4.70. The first-order valence-corrected chi connectivity index (χ1v) is 6.36. The minimum absolute atomic E-state index is 0.0879. The molecule has 2 unspecified atom stereocenters. The highest BCUT2D eigenvalue weighted by Crippen LogP contribution is 2.41. The van der Waals surface area contributed by atoms with E-state index in [9.17, 15) is 4.79 Å². The lowest BCUT2D eigenvalue weighted by Crippen LogP contribution is -2.17. The van der Waals surface area contributed by atoms with E-state index in [2.05, 4.69) is 5.32 Å². The normalized spacial score (nSPS) is 21.6. The molecule has 1 aromatic rings. The van der Waals surface area contributed by atoms with Crippen molar-refractivity contribution in [2.75, 3.05) is 27.9 Å². The van der Waals surface area contributed by atoms with Crippen LogP contribution in [0.4, 0.5) is 0 Å². The van der Waals surface area contributed by atoms with Gasteiger partial charge in [0.15, 0.2) is 11.5 Å². The van der Waals surface area contributed by atoms with Crippen molar-refractivity contribution >= 4 is 5.97 Å². The van der Waals surface area contributed by atoms with Crippen LogP contribution in [0.2, 0.25) is 0 Å². The number of rotatable bonds is 5. The zero-order chi connectivity index (χ0) is 14.7. The molecule has 0 radical (unpaired) electrons. The van der Waals surface area contributed by atoms with Crippen LogP contribution < -0.4 is 19.5 Å². The molecule has 1 heterocycles. The first kappa shape index (κ1) is 14.5. The molecule has 6 nitrogen and oxygen atoms in total. The van der Waals surface area contributed by atoms with Crippen LogP contribution in [-0.4, -0.2) is 38.9 Å². The summed E-state index contributed by atoms with van der Waals surface area (Å²) in [5, 5.41) is 12.3. The van der Waals surface area contributed by atoms with Gasteiger partial charge >= 0.3 is 5.97 Å². The van der Waals surface area contributed by atoms with E-state index < -0.39 is 5.97 Å². The Balaban J connectivity index is 2.37. The quantitative estimate of drug-likeness (QED) is 0.850. The molecule has 6 heteroatoms. The number of ether oxygens (including phenoxy) is 3. The fourth-order valence-corrected chi connectivity index (χ4v) is 2.50. The molecule has 20 heavy (non-hydrogen) atoms. The first-order valence-electron chi connectivity index (χ1n) is 6.36. The molecule has 2 N–H and O–H groups in total. The van der Waals surface area contributed by atoms with Gasteiger partial charge in [-0.05, 0) is 12.5 Å². The van der Waals surface area contributed by atoms with Crippen molar-refractivity contribution in [1.29, 1.82) is 0 Å². The number of hydrogen-bond donors (Lipinski definition) is 2. The number of nitrogens with one attached hydrogen (secondary N) is 1. The maximum atomic E-state index is 11.1. The Bertz CT molecular complexity index is 503. The number of hydrogen-bond acceptors (Lipinski definition) is 5. The van der Waals surface area contributed by atoms with Gasteiger partial charge in [-0.3, -0.25) is 4.79 Å². The first-order chi connectivity index (χ1) is 9.60. The topological polar surface area (TPSA) is 77.0 Å². The van der Waals surface area contributed by atoms with E-state index in [0.717, 1.165) is 5.56 Å². The number of carbonyl (C=O) groups is 1. The minimum atomic E-state index is -0.783. The van der Waals surface area contributed by atoms with Crippen LogP contribution in [0.15, 0.2) is 12.1 Å². The molecule has 0 aliphatic carbocycles. The highest BCUT2D eigenvalue weighted by molar-refractivity contribution is 5.71. The lowest BCUT2D eigenvalue weighted by atomic mass is 9.98. The Hall–Kier alpha value is -1.95. The van der Waals surface area contributed by atoms with Crippen LogP contribution in [0.3, 0.4) is 0 Å². The van der Waals surface area contributed by atoms with E-state index in [4.69, 9.17) is 19.3 Å². The van der Waals surface area contributed by atoms with Crippen LogP contribution in [0.25, 0.3) is 0 Å².